The summed E-state index contributed by atoms with van der Waals surface area (Å²) < 4.78 is 4.78. The molecule has 0 rings (SSSR count). The molecular formula is C5H12NO2P. The van der Waals surface area contributed by atoms with Gasteiger partial charge in [-0.2, -0.15) is 0 Å². The van der Waals surface area contributed by atoms with E-state index in [0.717, 1.165) is 0 Å². The Hall–Kier alpha value is -0.140. The molecule has 0 radical (unpaired) electrons. The zero-order valence-corrected chi connectivity index (χ0v) is 6.83. The number of carbonyl (C=O) groups is 1. The van der Waals surface area contributed by atoms with Crippen LogP contribution in [0.25, 0.3) is 0 Å². The van der Waals surface area contributed by atoms with Crippen LogP contribution >= 0.6 is 9.39 Å². The van der Waals surface area contributed by atoms with Gasteiger partial charge >= 0.3 is 5.97 Å². The number of hydrogen-bond acceptors (Lipinski definition) is 3. The number of ether oxygens (including phenoxy) is 1. The summed E-state index contributed by atoms with van der Waals surface area (Å²) in [7, 11) is 2.23. The van der Waals surface area contributed by atoms with E-state index in [9.17, 15) is 4.79 Å². The fraction of sp³-hybridized carbons (Fsp3) is 0.800. The van der Waals surface area contributed by atoms with Crippen molar-refractivity contribution in [2.24, 2.45) is 0 Å². The first-order valence-corrected chi connectivity index (χ1v) is 3.37. The van der Waals surface area contributed by atoms with E-state index in [4.69, 9.17) is 4.74 Å². The van der Waals surface area contributed by atoms with Crippen molar-refractivity contribution >= 4 is 15.4 Å². The number of hydrogen-bond donors (Lipinski definition) is 1. The molecule has 0 bridgehead atoms. The van der Waals surface area contributed by atoms with Crippen LogP contribution in [0.4, 0.5) is 0 Å². The molecule has 4 heteroatoms. The molecular weight excluding hydrogens is 137 g/mol. The highest BCUT2D eigenvalue weighted by Gasteiger charge is 2.01. The Morgan fingerprint density at radius 1 is 1.78 bits per heavy atom. The van der Waals surface area contributed by atoms with Gasteiger partial charge in [-0.15, -0.1) is 0 Å². The Morgan fingerprint density at radius 3 is 2.67 bits per heavy atom. The number of carbonyl (C=O) groups excluding carboxylic acids is 1. The second kappa shape index (κ2) is 4.71. The summed E-state index contributed by atoms with van der Waals surface area (Å²) in [5.74, 6) is -0.222. The Kier molecular flexibility index (Phi) is 4.64. The average Bonchev–Trinajstić information content (AvgIpc) is 1.63. The summed E-state index contributed by atoms with van der Waals surface area (Å²) in [6.07, 6.45) is -0.0177. The van der Waals surface area contributed by atoms with Crippen molar-refractivity contribution < 1.29 is 9.53 Å². The summed E-state index contributed by atoms with van der Waals surface area (Å²) in [6, 6.07) is 0. The highest BCUT2D eigenvalue weighted by atomic mass is 31.0. The minimum Gasteiger partial charge on any atom is -0.462 e. The van der Waals surface area contributed by atoms with Crippen molar-refractivity contribution in [3.8, 4) is 0 Å². The lowest BCUT2D eigenvalue weighted by atomic mass is 10.5. The molecule has 54 valence electrons. The molecule has 3 nitrogen and oxygen atoms in total. The Morgan fingerprint density at radius 2 is 2.33 bits per heavy atom. The van der Waals surface area contributed by atoms with Gasteiger partial charge in [0.1, 0.15) is 0 Å². The topological polar surface area (TPSA) is 38.3 Å². The summed E-state index contributed by atoms with van der Waals surface area (Å²) in [5, 5.41) is 2.61. The van der Waals surface area contributed by atoms with E-state index >= 15 is 0 Å². The molecule has 0 amide bonds. The summed E-state index contributed by atoms with van der Waals surface area (Å²) >= 11 is 0. The lowest BCUT2D eigenvalue weighted by molar-refractivity contribution is -0.145. The van der Waals surface area contributed by atoms with Gasteiger partial charge in [-0.1, -0.05) is 9.39 Å². The first-order chi connectivity index (χ1) is 4.16. The van der Waals surface area contributed by atoms with Crippen LogP contribution in [0.2, 0.25) is 0 Å². The van der Waals surface area contributed by atoms with Crippen LogP contribution in [0.3, 0.4) is 0 Å². The van der Waals surface area contributed by atoms with Gasteiger partial charge in [0.2, 0.25) is 0 Å². The van der Waals surface area contributed by atoms with Gasteiger partial charge in [0.15, 0.2) is 0 Å². The first-order valence-electron chi connectivity index (χ1n) is 2.79. The Bertz CT molecular complexity index is 95.0. The van der Waals surface area contributed by atoms with Crippen LogP contribution in [-0.2, 0) is 9.53 Å². The molecule has 0 heterocycles. The standard InChI is InChI=1S/C5H12NO2P/c1-4(2)8-5(7)3-6-9/h4,6H,3,9H2,1-2H3. The second-order valence-electron chi connectivity index (χ2n) is 1.92. The van der Waals surface area contributed by atoms with Crippen molar-refractivity contribution in [3.05, 3.63) is 0 Å². The van der Waals surface area contributed by atoms with E-state index in [1.54, 1.807) is 0 Å². The third-order valence-electron chi connectivity index (χ3n) is 0.614. The molecule has 0 saturated carbocycles. The summed E-state index contributed by atoms with van der Waals surface area (Å²) in [5.41, 5.74) is 0. The van der Waals surface area contributed by atoms with Gasteiger partial charge in [0, 0.05) is 0 Å². The van der Waals surface area contributed by atoms with Crippen LogP contribution in [0.1, 0.15) is 13.8 Å². The van der Waals surface area contributed by atoms with E-state index in [2.05, 4.69) is 14.5 Å². The van der Waals surface area contributed by atoms with Gasteiger partial charge in [0.05, 0.1) is 12.6 Å². The lowest BCUT2D eigenvalue weighted by Gasteiger charge is -2.05. The lowest BCUT2D eigenvalue weighted by Crippen LogP contribution is -2.20. The average molecular weight is 149 g/mol. The monoisotopic (exact) mass is 149 g/mol. The third-order valence-corrected chi connectivity index (χ3v) is 0.818. The van der Waals surface area contributed by atoms with E-state index in [1.165, 1.54) is 0 Å². The molecule has 1 N–H and O–H groups in total. The fourth-order valence-corrected chi connectivity index (χ4v) is 0.555. The summed E-state index contributed by atoms with van der Waals surface area (Å²) in [6.45, 7) is 3.89. The molecule has 1 atom stereocenters. The van der Waals surface area contributed by atoms with Crippen LogP contribution < -0.4 is 5.09 Å². The normalized spacial score (nSPS) is 9.78. The van der Waals surface area contributed by atoms with E-state index in [1.807, 2.05) is 13.8 Å². The van der Waals surface area contributed by atoms with Crippen LogP contribution in [0, 0.1) is 0 Å². The molecule has 9 heavy (non-hydrogen) atoms. The zero-order valence-electron chi connectivity index (χ0n) is 5.68. The smallest absolute Gasteiger partial charge is 0.320 e. The van der Waals surface area contributed by atoms with E-state index < -0.39 is 0 Å². The molecule has 0 saturated heterocycles. The van der Waals surface area contributed by atoms with Gasteiger partial charge in [-0.25, -0.2) is 0 Å². The molecule has 0 aliphatic rings. The van der Waals surface area contributed by atoms with Crippen LogP contribution in [0.5, 0.6) is 0 Å². The maximum Gasteiger partial charge on any atom is 0.320 e. The maximum absolute atomic E-state index is 10.6. The van der Waals surface area contributed by atoms with E-state index in [0.29, 0.717) is 0 Å². The maximum atomic E-state index is 10.6. The Balaban J connectivity index is 3.27. The Labute approximate surface area is 57.4 Å². The molecule has 1 unspecified atom stereocenters. The second-order valence-corrected chi connectivity index (χ2v) is 2.33. The molecule has 0 aliphatic carbocycles. The van der Waals surface area contributed by atoms with Crippen molar-refractivity contribution in [2.75, 3.05) is 6.54 Å². The molecule has 0 aromatic carbocycles. The van der Waals surface area contributed by atoms with Crippen LogP contribution in [-0.4, -0.2) is 18.6 Å². The molecule has 0 fully saturated rings. The number of esters is 1. The summed E-state index contributed by atoms with van der Waals surface area (Å²) in [4.78, 5) is 10.6. The highest BCUT2D eigenvalue weighted by molar-refractivity contribution is 7.13. The number of nitrogens with one attached hydrogen (secondary N) is 1. The van der Waals surface area contributed by atoms with Crippen molar-refractivity contribution in [1.29, 1.82) is 0 Å². The van der Waals surface area contributed by atoms with Gasteiger partial charge in [0.25, 0.3) is 0 Å². The first kappa shape index (κ1) is 8.86. The molecule has 0 aromatic rings. The van der Waals surface area contributed by atoms with Crippen molar-refractivity contribution in [2.45, 2.75) is 20.0 Å². The quantitative estimate of drug-likeness (QED) is 0.464. The van der Waals surface area contributed by atoms with Crippen LogP contribution in [0.15, 0.2) is 0 Å². The molecule has 0 aliphatic heterocycles. The largest absolute Gasteiger partial charge is 0.462 e. The highest BCUT2D eigenvalue weighted by Crippen LogP contribution is 1.87. The molecule has 0 spiro atoms. The number of rotatable bonds is 3. The van der Waals surface area contributed by atoms with E-state index in [-0.39, 0.29) is 18.6 Å². The van der Waals surface area contributed by atoms with Gasteiger partial charge in [-0.05, 0) is 13.8 Å². The van der Waals surface area contributed by atoms with Crippen molar-refractivity contribution in [3.63, 3.8) is 0 Å². The fourth-order valence-electron chi connectivity index (χ4n) is 0.388. The minimum atomic E-state index is -0.222. The zero-order chi connectivity index (χ0) is 7.28. The third kappa shape index (κ3) is 5.74. The minimum absolute atomic E-state index is 0.0177. The van der Waals surface area contributed by atoms with Gasteiger partial charge in [-0.3, -0.25) is 9.88 Å². The van der Waals surface area contributed by atoms with Crippen molar-refractivity contribution in [1.82, 2.24) is 5.09 Å². The van der Waals surface area contributed by atoms with Gasteiger partial charge < -0.3 is 4.74 Å². The predicted molar refractivity (Wildman–Crippen MR) is 38.9 cm³/mol. The molecule has 0 aromatic heterocycles. The predicted octanol–water partition coefficient (Wildman–Crippen LogP) is 0.318. The SMILES string of the molecule is CC(C)OC(=O)CNP.